The molecule has 0 bridgehead atoms. The molecule has 2 amide bonds. The quantitative estimate of drug-likeness (QED) is 0.537. The Hall–Kier alpha value is -2.67. The van der Waals surface area contributed by atoms with Crippen LogP contribution in [0.4, 0.5) is 11.4 Å². The number of anilines is 2. The standard InChI is InChI=1S/C21H17IN2O2/c1-14-13-16(23-21(26)17-9-5-6-10-18(17)22)11-12-19(14)24-20(25)15-7-3-2-4-8-15/h2-13H,1H3,(H,23,26)(H,24,25). The van der Waals surface area contributed by atoms with E-state index >= 15 is 0 Å². The molecule has 3 aromatic rings. The number of aryl methyl sites for hydroxylation is 1. The molecular weight excluding hydrogens is 439 g/mol. The van der Waals surface area contributed by atoms with Crippen LogP contribution in [-0.2, 0) is 0 Å². The minimum atomic E-state index is -0.163. The van der Waals surface area contributed by atoms with Gasteiger partial charge in [-0.3, -0.25) is 9.59 Å². The van der Waals surface area contributed by atoms with E-state index in [2.05, 4.69) is 33.2 Å². The van der Waals surface area contributed by atoms with E-state index in [9.17, 15) is 9.59 Å². The first-order valence-electron chi connectivity index (χ1n) is 8.07. The van der Waals surface area contributed by atoms with Crippen molar-refractivity contribution in [2.45, 2.75) is 6.92 Å². The van der Waals surface area contributed by atoms with Crippen LogP contribution in [0.25, 0.3) is 0 Å². The molecule has 0 aliphatic heterocycles. The molecule has 130 valence electrons. The summed E-state index contributed by atoms with van der Waals surface area (Å²) >= 11 is 2.14. The van der Waals surface area contributed by atoms with Gasteiger partial charge in [0.25, 0.3) is 11.8 Å². The van der Waals surface area contributed by atoms with Crippen molar-refractivity contribution < 1.29 is 9.59 Å². The summed E-state index contributed by atoms with van der Waals surface area (Å²) in [6.45, 7) is 1.89. The van der Waals surface area contributed by atoms with Crippen molar-refractivity contribution in [2.75, 3.05) is 10.6 Å². The second kappa shape index (κ2) is 8.14. The number of carbonyl (C=O) groups is 2. The lowest BCUT2D eigenvalue weighted by molar-refractivity contribution is 0.101. The summed E-state index contributed by atoms with van der Waals surface area (Å²) in [5.41, 5.74) is 3.50. The SMILES string of the molecule is Cc1cc(NC(=O)c2ccccc2I)ccc1NC(=O)c1ccccc1. The van der Waals surface area contributed by atoms with Gasteiger partial charge in [0.1, 0.15) is 0 Å². The highest BCUT2D eigenvalue weighted by Crippen LogP contribution is 2.22. The first-order valence-corrected chi connectivity index (χ1v) is 9.15. The Morgan fingerprint density at radius 2 is 1.50 bits per heavy atom. The average molecular weight is 456 g/mol. The van der Waals surface area contributed by atoms with E-state index in [-0.39, 0.29) is 11.8 Å². The van der Waals surface area contributed by atoms with Gasteiger partial charge in [0, 0.05) is 20.5 Å². The van der Waals surface area contributed by atoms with E-state index in [1.807, 2.05) is 49.4 Å². The van der Waals surface area contributed by atoms with Crippen molar-refractivity contribution in [3.8, 4) is 0 Å². The summed E-state index contributed by atoms with van der Waals surface area (Å²) in [7, 11) is 0. The fourth-order valence-electron chi connectivity index (χ4n) is 2.51. The number of benzene rings is 3. The lowest BCUT2D eigenvalue weighted by atomic mass is 10.1. The molecule has 0 fully saturated rings. The fraction of sp³-hybridized carbons (Fsp3) is 0.0476. The van der Waals surface area contributed by atoms with Gasteiger partial charge in [0.05, 0.1) is 5.56 Å². The maximum atomic E-state index is 12.4. The Balaban J connectivity index is 1.72. The minimum absolute atomic E-state index is 0.157. The maximum absolute atomic E-state index is 12.4. The van der Waals surface area contributed by atoms with Crippen LogP contribution in [0.1, 0.15) is 26.3 Å². The molecule has 0 heterocycles. The van der Waals surface area contributed by atoms with Crippen molar-refractivity contribution in [1.29, 1.82) is 0 Å². The van der Waals surface area contributed by atoms with Gasteiger partial charge in [0.2, 0.25) is 0 Å². The highest BCUT2D eigenvalue weighted by atomic mass is 127. The Bertz CT molecular complexity index is 955. The van der Waals surface area contributed by atoms with Gasteiger partial charge in [-0.05, 0) is 77.5 Å². The fourth-order valence-corrected chi connectivity index (χ4v) is 3.14. The molecule has 0 radical (unpaired) electrons. The highest BCUT2D eigenvalue weighted by Gasteiger charge is 2.11. The number of hydrogen-bond donors (Lipinski definition) is 2. The van der Waals surface area contributed by atoms with Crippen LogP contribution in [0, 0.1) is 10.5 Å². The zero-order valence-electron chi connectivity index (χ0n) is 14.1. The second-order valence-electron chi connectivity index (χ2n) is 5.78. The van der Waals surface area contributed by atoms with Gasteiger partial charge >= 0.3 is 0 Å². The molecule has 0 aliphatic rings. The van der Waals surface area contributed by atoms with E-state index in [1.165, 1.54) is 0 Å². The molecule has 3 rings (SSSR count). The first-order chi connectivity index (χ1) is 12.5. The summed E-state index contributed by atoms with van der Waals surface area (Å²) in [4.78, 5) is 24.7. The number of hydrogen-bond acceptors (Lipinski definition) is 2. The average Bonchev–Trinajstić information content (AvgIpc) is 2.65. The molecule has 0 atom stereocenters. The van der Waals surface area contributed by atoms with Crippen LogP contribution in [0.2, 0.25) is 0 Å². The summed E-state index contributed by atoms with van der Waals surface area (Å²) in [5.74, 6) is -0.320. The van der Waals surface area contributed by atoms with Crippen molar-refractivity contribution in [2.24, 2.45) is 0 Å². The molecule has 0 spiro atoms. The molecular formula is C21H17IN2O2. The molecule has 0 unspecified atom stereocenters. The van der Waals surface area contributed by atoms with Crippen LogP contribution >= 0.6 is 22.6 Å². The van der Waals surface area contributed by atoms with E-state index < -0.39 is 0 Å². The Kier molecular flexibility index (Phi) is 5.68. The smallest absolute Gasteiger partial charge is 0.256 e. The van der Waals surface area contributed by atoms with Crippen LogP contribution in [0.5, 0.6) is 0 Å². The molecule has 2 N–H and O–H groups in total. The topological polar surface area (TPSA) is 58.2 Å². The van der Waals surface area contributed by atoms with Crippen molar-refractivity contribution >= 4 is 45.8 Å². The summed E-state index contributed by atoms with van der Waals surface area (Å²) in [6, 6.07) is 21.9. The number of rotatable bonds is 4. The number of carbonyl (C=O) groups excluding carboxylic acids is 2. The molecule has 0 saturated heterocycles. The second-order valence-corrected chi connectivity index (χ2v) is 6.95. The van der Waals surface area contributed by atoms with Crippen LogP contribution < -0.4 is 10.6 Å². The zero-order chi connectivity index (χ0) is 18.5. The van der Waals surface area contributed by atoms with Crippen molar-refractivity contribution in [3.05, 3.63) is 93.1 Å². The third-order valence-electron chi connectivity index (χ3n) is 3.89. The molecule has 0 aromatic heterocycles. The molecule has 0 saturated carbocycles. The van der Waals surface area contributed by atoms with E-state index in [4.69, 9.17) is 0 Å². The van der Waals surface area contributed by atoms with Gasteiger partial charge in [-0.1, -0.05) is 30.3 Å². The summed E-state index contributed by atoms with van der Waals surface area (Å²) in [6.07, 6.45) is 0. The Morgan fingerprint density at radius 3 is 2.19 bits per heavy atom. The largest absolute Gasteiger partial charge is 0.322 e. The van der Waals surface area contributed by atoms with Crippen molar-refractivity contribution in [3.63, 3.8) is 0 Å². The van der Waals surface area contributed by atoms with Crippen molar-refractivity contribution in [1.82, 2.24) is 0 Å². The summed E-state index contributed by atoms with van der Waals surface area (Å²) in [5, 5.41) is 5.79. The number of amides is 2. The van der Waals surface area contributed by atoms with E-state index in [0.29, 0.717) is 22.5 Å². The zero-order valence-corrected chi connectivity index (χ0v) is 16.3. The van der Waals surface area contributed by atoms with Crippen LogP contribution in [0.3, 0.4) is 0 Å². The number of halogens is 1. The lowest BCUT2D eigenvalue weighted by Gasteiger charge is -2.12. The van der Waals surface area contributed by atoms with Crippen LogP contribution in [0.15, 0.2) is 72.8 Å². The van der Waals surface area contributed by atoms with E-state index in [0.717, 1.165) is 9.13 Å². The van der Waals surface area contributed by atoms with Crippen LogP contribution in [-0.4, -0.2) is 11.8 Å². The molecule has 5 heteroatoms. The first kappa shape index (κ1) is 18.1. The molecule has 26 heavy (non-hydrogen) atoms. The predicted molar refractivity (Wildman–Crippen MR) is 113 cm³/mol. The lowest BCUT2D eigenvalue weighted by Crippen LogP contribution is -2.15. The van der Waals surface area contributed by atoms with E-state index in [1.54, 1.807) is 30.3 Å². The minimum Gasteiger partial charge on any atom is -0.322 e. The third-order valence-corrected chi connectivity index (χ3v) is 4.83. The van der Waals surface area contributed by atoms with Gasteiger partial charge in [-0.2, -0.15) is 0 Å². The Labute approximate surface area is 165 Å². The molecule has 0 aliphatic carbocycles. The highest BCUT2D eigenvalue weighted by molar-refractivity contribution is 14.1. The maximum Gasteiger partial charge on any atom is 0.256 e. The van der Waals surface area contributed by atoms with Gasteiger partial charge < -0.3 is 10.6 Å². The normalized spacial score (nSPS) is 10.2. The summed E-state index contributed by atoms with van der Waals surface area (Å²) < 4.78 is 0.895. The molecule has 4 nitrogen and oxygen atoms in total. The van der Waals surface area contributed by atoms with Gasteiger partial charge in [0.15, 0.2) is 0 Å². The number of nitrogens with one attached hydrogen (secondary N) is 2. The van der Waals surface area contributed by atoms with Gasteiger partial charge in [-0.15, -0.1) is 0 Å². The predicted octanol–water partition coefficient (Wildman–Crippen LogP) is 5.10. The van der Waals surface area contributed by atoms with Gasteiger partial charge in [-0.25, -0.2) is 0 Å². The monoisotopic (exact) mass is 456 g/mol. The molecule has 3 aromatic carbocycles. The Morgan fingerprint density at radius 1 is 0.808 bits per heavy atom. The third kappa shape index (κ3) is 4.29.